The summed E-state index contributed by atoms with van der Waals surface area (Å²) < 4.78 is 5.96. The van der Waals surface area contributed by atoms with Crippen LogP contribution in [0.1, 0.15) is 65.4 Å². The molecule has 0 atom stereocenters. The first kappa shape index (κ1) is 16.6. The summed E-state index contributed by atoms with van der Waals surface area (Å²) >= 11 is 0. The molecule has 0 bridgehead atoms. The molecule has 0 radical (unpaired) electrons. The first-order valence-corrected chi connectivity index (χ1v) is 8.35. The largest absolute Gasteiger partial charge is 0.463 e. The topological polar surface area (TPSA) is 28.4 Å². The Hall–Kier alpha value is -0.800. The average molecular weight is 292 g/mol. The van der Waals surface area contributed by atoms with Gasteiger partial charge in [0.15, 0.2) is 0 Å². The zero-order chi connectivity index (χ0) is 15.5. The molecule has 0 saturated carbocycles. The van der Waals surface area contributed by atoms with Gasteiger partial charge in [-0.3, -0.25) is 4.90 Å². The minimum absolute atomic E-state index is 0.129. The van der Waals surface area contributed by atoms with E-state index >= 15 is 0 Å². The molecule has 0 aromatic carbocycles. The highest BCUT2D eigenvalue weighted by molar-refractivity contribution is 5.07. The lowest BCUT2D eigenvalue weighted by Crippen LogP contribution is -2.37. The van der Waals surface area contributed by atoms with E-state index in [4.69, 9.17) is 4.42 Å². The molecular weight excluding hydrogens is 260 g/mol. The SMILES string of the molecule is CCC1(C)CCN(Cc2ccc(CNC(C)(C)C)o2)CC1. The quantitative estimate of drug-likeness (QED) is 0.882. The Kier molecular flexibility index (Phi) is 5.15. The number of hydrogen-bond donors (Lipinski definition) is 1. The van der Waals surface area contributed by atoms with E-state index in [1.54, 1.807) is 0 Å². The van der Waals surface area contributed by atoms with Gasteiger partial charge in [-0.05, 0) is 64.3 Å². The number of piperidine rings is 1. The Morgan fingerprint density at radius 2 is 1.81 bits per heavy atom. The zero-order valence-corrected chi connectivity index (χ0v) is 14.5. The van der Waals surface area contributed by atoms with E-state index in [2.05, 4.69) is 57.0 Å². The first-order chi connectivity index (χ1) is 9.80. The fourth-order valence-electron chi connectivity index (χ4n) is 2.78. The van der Waals surface area contributed by atoms with E-state index < -0.39 is 0 Å². The molecule has 0 unspecified atom stereocenters. The molecule has 2 rings (SSSR count). The average Bonchev–Trinajstić information content (AvgIpc) is 2.86. The highest BCUT2D eigenvalue weighted by atomic mass is 16.3. The molecule has 0 spiro atoms. The van der Waals surface area contributed by atoms with Gasteiger partial charge in [-0.1, -0.05) is 20.3 Å². The maximum Gasteiger partial charge on any atom is 0.118 e. The normalized spacial score (nSPS) is 19.9. The molecule has 1 fully saturated rings. The van der Waals surface area contributed by atoms with Crippen LogP contribution in [0.5, 0.6) is 0 Å². The van der Waals surface area contributed by atoms with Crippen LogP contribution in [0.3, 0.4) is 0 Å². The lowest BCUT2D eigenvalue weighted by Gasteiger charge is -2.38. The van der Waals surface area contributed by atoms with Gasteiger partial charge in [-0.15, -0.1) is 0 Å². The number of nitrogens with zero attached hydrogens (tertiary/aromatic N) is 1. The van der Waals surface area contributed by atoms with Crippen molar-refractivity contribution in [3.8, 4) is 0 Å². The molecule has 0 amide bonds. The summed E-state index contributed by atoms with van der Waals surface area (Å²) in [6, 6.07) is 4.24. The number of rotatable bonds is 5. The Bertz CT molecular complexity index is 436. The van der Waals surface area contributed by atoms with Crippen LogP contribution < -0.4 is 5.32 Å². The van der Waals surface area contributed by atoms with Gasteiger partial charge in [-0.2, -0.15) is 0 Å². The summed E-state index contributed by atoms with van der Waals surface area (Å²) in [4.78, 5) is 2.53. The summed E-state index contributed by atoms with van der Waals surface area (Å²) in [6.07, 6.45) is 3.91. The number of likely N-dealkylation sites (tertiary alicyclic amines) is 1. The molecule has 21 heavy (non-hydrogen) atoms. The van der Waals surface area contributed by atoms with E-state index in [0.29, 0.717) is 5.41 Å². The maximum atomic E-state index is 5.96. The third-order valence-electron chi connectivity index (χ3n) is 4.81. The van der Waals surface area contributed by atoms with Crippen molar-refractivity contribution >= 4 is 0 Å². The monoisotopic (exact) mass is 292 g/mol. The van der Waals surface area contributed by atoms with Crippen LogP contribution in [0.2, 0.25) is 0 Å². The van der Waals surface area contributed by atoms with Crippen molar-refractivity contribution in [2.45, 2.75) is 72.5 Å². The standard InChI is InChI=1S/C18H32N2O/c1-6-18(5)9-11-20(12-10-18)14-16-8-7-15(21-16)13-19-17(2,3)4/h7-8,19H,6,9-14H2,1-5H3. The van der Waals surface area contributed by atoms with Crippen molar-refractivity contribution in [1.82, 2.24) is 10.2 Å². The fraction of sp³-hybridized carbons (Fsp3) is 0.778. The third-order valence-corrected chi connectivity index (χ3v) is 4.81. The van der Waals surface area contributed by atoms with E-state index in [1.807, 2.05) is 0 Å². The second kappa shape index (κ2) is 6.53. The Balaban J connectivity index is 1.81. The van der Waals surface area contributed by atoms with E-state index in [1.165, 1.54) is 32.4 Å². The summed E-state index contributed by atoms with van der Waals surface area (Å²) in [5.74, 6) is 2.14. The Morgan fingerprint density at radius 3 is 2.38 bits per heavy atom. The Labute approximate surface area is 130 Å². The van der Waals surface area contributed by atoms with Crippen LogP contribution in [0.15, 0.2) is 16.5 Å². The van der Waals surface area contributed by atoms with Gasteiger partial charge < -0.3 is 9.73 Å². The summed E-state index contributed by atoms with van der Waals surface area (Å²) in [6.45, 7) is 15.4. The fourth-order valence-corrected chi connectivity index (χ4v) is 2.78. The van der Waals surface area contributed by atoms with Gasteiger partial charge in [0.1, 0.15) is 11.5 Å². The molecule has 2 heterocycles. The summed E-state index contributed by atoms with van der Waals surface area (Å²) in [5.41, 5.74) is 0.686. The smallest absolute Gasteiger partial charge is 0.118 e. The van der Waals surface area contributed by atoms with Crippen molar-refractivity contribution in [3.05, 3.63) is 23.7 Å². The van der Waals surface area contributed by atoms with Gasteiger partial charge in [0, 0.05) is 5.54 Å². The number of hydrogen-bond acceptors (Lipinski definition) is 3. The van der Waals surface area contributed by atoms with Crippen LogP contribution in [0, 0.1) is 5.41 Å². The second-order valence-electron chi connectivity index (χ2n) is 7.91. The first-order valence-electron chi connectivity index (χ1n) is 8.35. The molecule has 1 aromatic rings. The molecular formula is C18H32N2O. The van der Waals surface area contributed by atoms with Gasteiger partial charge >= 0.3 is 0 Å². The molecule has 0 aliphatic carbocycles. The van der Waals surface area contributed by atoms with Gasteiger partial charge in [0.25, 0.3) is 0 Å². The molecule has 1 aliphatic rings. The highest BCUT2D eigenvalue weighted by Crippen LogP contribution is 2.34. The van der Waals surface area contributed by atoms with Gasteiger partial charge in [0.05, 0.1) is 13.1 Å². The third kappa shape index (κ3) is 5.15. The van der Waals surface area contributed by atoms with Gasteiger partial charge in [0.2, 0.25) is 0 Å². The number of furan rings is 1. The molecule has 3 heteroatoms. The van der Waals surface area contributed by atoms with E-state index in [0.717, 1.165) is 24.6 Å². The van der Waals surface area contributed by atoms with Crippen LogP contribution in [0.4, 0.5) is 0 Å². The number of nitrogens with one attached hydrogen (secondary N) is 1. The van der Waals surface area contributed by atoms with Crippen molar-refractivity contribution < 1.29 is 4.42 Å². The molecule has 1 aliphatic heterocycles. The summed E-state index contributed by atoms with van der Waals surface area (Å²) in [5, 5.41) is 3.47. The zero-order valence-electron chi connectivity index (χ0n) is 14.5. The van der Waals surface area contributed by atoms with Gasteiger partial charge in [-0.25, -0.2) is 0 Å². The molecule has 120 valence electrons. The lowest BCUT2D eigenvalue weighted by atomic mass is 9.78. The van der Waals surface area contributed by atoms with Crippen molar-refractivity contribution in [1.29, 1.82) is 0 Å². The Morgan fingerprint density at radius 1 is 1.19 bits per heavy atom. The maximum absolute atomic E-state index is 5.96. The van der Waals surface area contributed by atoms with E-state index in [-0.39, 0.29) is 5.54 Å². The lowest BCUT2D eigenvalue weighted by molar-refractivity contribution is 0.103. The molecule has 1 aromatic heterocycles. The van der Waals surface area contributed by atoms with Crippen molar-refractivity contribution in [2.24, 2.45) is 5.41 Å². The van der Waals surface area contributed by atoms with Crippen molar-refractivity contribution in [3.63, 3.8) is 0 Å². The van der Waals surface area contributed by atoms with Crippen molar-refractivity contribution in [2.75, 3.05) is 13.1 Å². The molecule has 1 saturated heterocycles. The van der Waals surface area contributed by atoms with E-state index in [9.17, 15) is 0 Å². The second-order valence-corrected chi connectivity index (χ2v) is 7.91. The van der Waals surface area contributed by atoms with Crippen LogP contribution in [-0.2, 0) is 13.1 Å². The highest BCUT2D eigenvalue weighted by Gasteiger charge is 2.28. The minimum atomic E-state index is 0.129. The predicted octanol–water partition coefficient (Wildman–Crippen LogP) is 4.18. The molecule has 3 nitrogen and oxygen atoms in total. The molecule has 1 N–H and O–H groups in total. The van der Waals surface area contributed by atoms with Crippen LogP contribution in [-0.4, -0.2) is 23.5 Å². The minimum Gasteiger partial charge on any atom is -0.463 e. The predicted molar refractivity (Wildman–Crippen MR) is 88.2 cm³/mol. The van der Waals surface area contributed by atoms with Crippen LogP contribution in [0.25, 0.3) is 0 Å². The van der Waals surface area contributed by atoms with Crippen LogP contribution >= 0.6 is 0 Å². The summed E-state index contributed by atoms with van der Waals surface area (Å²) in [7, 11) is 0.